The van der Waals surface area contributed by atoms with E-state index in [4.69, 9.17) is 4.74 Å². The van der Waals surface area contributed by atoms with Gasteiger partial charge < -0.3 is 9.14 Å². The summed E-state index contributed by atoms with van der Waals surface area (Å²) in [4.78, 5) is 13.2. The summed E-state index contributed by atoms with van der Waals surface area (Å²) >= 11 is 0. The van der Waals surface area contributed by atoms with Crippen LogP contribution in [0.2, 0.25) is 0 Å². The molecule has 0 aliphatic rings. The highest BCUT2D eigenvalue weighted by molar-refractivity contribution is 6.10. The number of hydrogen-bond donors (Lipinski definition) is 0. The van der Waals surface area contributed by atoms with Crippen LogP contribution in [0.4, 0.5) is 0 Å². The van der Waals surface area contributed by atoms with Crippen molar-refractivity contribution in [3.8, 4) is 22.3 Å². The highest BCUT2D eigenvalue weighted by Crippen LogP contribution is 2.41. The van der Waals surface area contributed by atoms with Crippen LogP contribution in [0.15, 0.2) is 91.0 Å². The van der Waals surface area contributed by atoms with E-state index in [0.717, 1.165) is 44.4 Å². The number of esters is 1. The van der Waals surface area contributed by atoms with E-state index in [1.165, 1.54) is 0 Å². The number of carbonyl (C=O) groups excluding carboxylic acids is 1. The third-order valence-corrected chi connectivity index (χ3v) is 5.77. The van der Waals surface area contributed by atoms with Crippen LogP contribution in [-0.4, -0.2) is 17.0 Å². The van der Waals surface area contributed by atoms with Gasteiger partial charge in [-0.3, -0.25) is 0 Å². The SMILES string of the molecule is CCOC(=O)c1c(-c2ccccc2)c2c(-c3ccccc3)cc3ccccc3n2c1C. The van der Waals surface area contributed by atoms with E-state index in [1.54, 1.807) is 0 Å². The Hall–Kier alpha value is -3.85. The molecule has 0 aliphatic carbocycles. The number of benzene rings is 3. The maximum atomic E-state index is 13.2. The first-order valence-electron chi connectivity index (χ1n) is 10.6. The summed E-state index contributed by atoms with van der Waals surface area (Å²) in [7, 11) is 0. The molecule has 2 heterocycles. The zero-order chi connectivity index (χ0) is 21.4. The van der Waals surface area contributed by atoms with E-state index in [-0.39, 0.29) is 5.97 Å². The lowest BCUT2D eigenvalue weighted by Crippen LogP contribution is -2.07. The first-order valence-corrected chi connectivity index (χ1v) is 10.6. The second-order valence-corrected chi connectivity index (χ2v) is 7.59. The zero-order valence-corrected chi connectivity index (χ0v) is 17.6. The quantitative estimate of drug-likeness (QED) is 0.304. The minimum Gasteiger partial charge on any atom is -0.462 e. The Morgan fingerprint density at radius 2 is 1.45 bits per heavy atom. The average Bonchev–Trinajstić information content (AvgIpc) is 3.13. The molecule has 152 valence electrons. The van der Waals surface area contributed by atoms with Crippen molar-refractivity contribution in [3.05, 3.63) is 102 Å². The van der Waals surface area contributed by atoms with Gasteiger partial charge in [0, 0.05) is 16.8 Å². The average molecular weight is 405 g/mol. The molecule has 0 spiro atoms. The highest BCUT2D eigenvalue weighted by Gasteiger charge is 2.26. The highest BCUT2D eigenvalue weighted by atomic mass is 16.5. The van der Waals surface area contributed by atoms with Gasteiger partial charge in [0.05, 0.1) is 23.2 Å². The number of fused-ring (bicyclic) bond motifs is 3. The number of para-hydroxylation sites is 1. The van der Waals surface area contributed by atoms with Crippen molar-refractivity contribution < 1.29 is 9.53 Å². The minimum atomic E-state index is -0.286. The van der Waals surface area contributed by atoms with E-state index in [9.17, 15) is 4.79 Å². The van der Waals surface area contributed by atoms with E-state index in [2.05, 4.69) is 46.9 Å². The van der Waals surface area contributed by atoms with Crippen LogP contribution < -0.4 is 0 Å². The minimum absolute atomic E-state index is 0.286. The van der Waals surface area contributed by atoms with Crippen LogP contribution in [-0.2, 0) is 4.74 Å². The van der Waals surface area contributed by atoms with Gasteiger partial charge in [-0.15, -0.1) is 0 Å². The molecule has 5 rings (SSSR count). The maximum absolute atomic E-state index is 13.2. The Morgan fingerprint density at radius 3 is 2.13 bits per heavy atom. The van der Waals surface area contributed by atoms with E-state index >= 15 is 0 Å². The molecular formula is C28H23NO2. The van der Waals surface area contributed by atoms with Gasteiger partial charge in [0.15, 0.2) is 0 Å². The van der Waals surface area contributed by atoms with Crippen LogP contribution in [0.25, 0.3) is 38.7 Å². The van der Waals surface area contributed by atoms with Crippen LogP contribution >= 0.6 is 0 Å². The lowest BCUT2D eigenvalue weighted by atomic mass is 9.96. The van der Waals surface area contributed by atoms with Gasteiger partial charge in [-0.1, -0.05) is 78.9 Å². The molecule has 3 nitrogen and oxygen atoms in total. The van der Waals surface area contributed by atoms with Crippen LogP contribution in [0, 0.1) is 6.92 Å². The summed E-state index contributed by atoms with van der Waals surface area (Å²) < 4.78 is 7.72. The van der Waals surface area contributed by atoms with Crippen molar-refractivity contribution in [1.82, 2.24) is 4.40 Å². The van der Waals surface area contributed by atoms with Gasteiger partial charge in [0.2, 0.25) is 0 Å². The molecular weight excluding hydrogens is 382 g/mol. The zero-order valence-electron chi connectivity index (χ0n) is 17.6. The lowest BCUT2D eigenvalue weighted by molar-refractivity contribution is 0.0526. The van der Waals surface area contributed by atoms with Crippen LogP contribution in [0.5, 0.6) is 0 Å². The predicted octanol–water partition coefficient (Wildman–Crippen LogP) is 6.91. The fourth-order valence-electron chi connectivity index (χ4n) is 4.46. The summed E-state index contributed by atoms with van der Waals surface area (Å²) in [5, 5.41) is 1.13. The fraction of sp³-hybridized carbons (Fsp3) is 0.107. The number of hydrogen-bond acceptors (Lipinski definition) is 2. The molecule has 3 aromatic carbocycles. The molecule has 0 bridgehead atoms. The number of pyridine rings is 1. The monoisotopic (exact) mass is 405 g/mol. The van der Waals surface area contributed by atoms with E-state index in [0.29, 0.717) is 12.2 Å². The number of ether oxygens (including phenoxy) is 1. The molecule has 31 heavy (non-hydrogen) atoms. The number of rotatable bonds is 4. The van der Waals surface area contributed by atoms with Crippen LogP contribution in [0.1, 0.15) is 23.0 Å². The van der Waals surface area contributed by atoms with Crippen molar-refractivity contribution in [2.75, 3.05) is 6.61 Å². The number of aryl methyl sites for hydroxylation is 1. The molecule has 0 atom stereocenters. The fourth-order valence-corrected chi connectivity index (χ4v) is 4.46. The maximum Gasteiger partial charge on any atom is 0.340 e. The van der Waals surface area contributed by atoms with Crippen molar-refractivity contribution >= 4 is 22.4 Å². The molecule has 0 aliphatic heterocycles. The number of nitrogens with zero attached hydrogens (tertiary/aromatic N) is 1. The van der Waals surface area contributed by atoms with Crippen molar-refractivity contribution in [2.24, 2.45) is 0 Å². The number of aromatic nitrogens is 1. The molecule has 0 unspecified atom stereocenters. The normalized spacial score (nSPS) is 11.2. The standard InChI is InChI=1S/C28H23NO2/c1-3-31-28(30)25-19(2)29-24-17-11-10-16-22(24)18-23(20-12-6-4-7-13-20)27(29)26(25)21-14-8-5-9-15-21/h4-18H,3H2,1-2H3. The predicted molar refractivity (Wildman–Crippen MR) is 126 cm³/mol. The smallest absolute Gasteiger partial charge is 0.340 e. The first kappa shape index (κ1) is 19.1. The van der Waals surface area contributed by atoms with Gasteiger partial charge >= 0.3 is 5.97 Å². The van der Waals surface area contributed by atoms with Crippen molar-refractivity contribution in [3.63, 3.8) is 0 Å². The van der Waals surface area contributed by atoms with Gasteiger partial charge in [-0.2, -0.15) is 0 Å². The summed E-state index contributed by atoms with van der Waals surface area (Å²) in [6.45, 7) is 4.19. The van der Waals surface area contributed by atoms with Gasteiger partial charge in [0.1, 0.15) is 0 Å². The Balaban J connectivity index is 2.02. The van der Waals surface area contributed by atoms with Gasteiger partial charge in [-0.25, -0.2) is 4.79 Å². The Labute approximate surface area is 181 Å². The Bertz CT molecular complexity index is 1400. The van der Waals surface area contributed by atoms with Crippen molar-refractivity contribution in [1.29, 1.82) is 0 Å². The van der Waals surface area contributed by atoms with Gasteiger partial charge in [-0.05, 0) is 42.5 Å². The second-order valence-electron chi connectivity index (χ2n) is 7.59. The molecule has 2 aromatic heterocycles. The molecule has 0 amide bonds. The molecule has 5 aromatic rings. The molecule has 0 radical (unpaired) electrons. The first-order chi connectivity index (χ1) is 15.2. The molecule has 0 N–H and O–H groups in total. The lowest BCUT2D eigenvalue weighted by Gasteiger charge is -2.13. The van der Waals surface area contributed by atoms with Gasteiger partial charge in [0.25, 0.3) is 0 Å². The summed E-state index contributed by atoms with van der Waals surface area (Å²) in [5.74, 6) is -0.286. The third kappa shape index (κ3) is 3.10. The van der Waals surface area contributed by atoms with Crippen LogP contribution in [0.3, 0.4) is 0 Å². The van der Waals surface area contributed by atoms with Crippen molar-refractivity contribution in [2.45, 2.75) is 13.8 Å². The molecule has 3 heteroatoms. The molecule has 0 fully saturated rings. The Morgan fingerprint density at radius 1 is 0.839 bits per heavy atom. The summed E-state index contributed by atoms with van der Waals surface area (Å²) in [5.41, 5.74) is 7.74. The topological polar surface area (TPSA) is 30.7 Å². The second kappa shape index (κ2) is 7.77. The third-order valence-electron chi connectivity index (χ3n) is 5.77. The Kier molecular flexibility index (Phi) is 4.79. The number of carbonyl (C=O) groups is 1. The molecule has 0 saturated carbocycles. The summed E-state index contributed by atoms with van der Waals surface area (Å²) in [6, 6.07) is 31.0. The van der Waals surface area contributed by atoms with E-state index in [1.807, 2.05) is 62.4 Å². The molecule has 0 saturated heterocycles. The largest absolute Gasteiger partial charge is 0.462 e. The van der Waals surface area contributed by atoms with E-state index < -0.39 is 0 Å². The summed E-state index contributed by atoms with van der Waals surface area (Å²) in [6.07, 6.45) is 0.